The number of rotatable bonds is 4. The second kappa shape index (κ2) is 4.43. The lowest BCUT2D eigenvalue weighted by Gasteiger charge is -2.41. The van der Waals surface area contributed by atoms with E-state index in [4.69, 9.17) is 10.8 Å². The molecule has 3 aliphatic rings. The van der Waals surface area contributed by atoms with Crippen molar-refractivity contribution in [1.82, 2.24) is 9.96 Å². The number of aliphatic carboxylic acids is 1. The van der Waals surface area contributed by atoms with Gasteiger partial charge in [0.25, 0.3) is 0 Å². The third-order valence-corrected chi connectivity index (χ3v) is 4.20. The number of hydroxylamine groups is 2. The van der Waals surface area contributed by atoms with Gasteiger partial charge < -0.3 is 15.7 Å². The summed E-state index contributed by atoms with van der Waals surface area (Å²) in [6.07, 6.45) is -3.14. The molecule has 22 heavy (non-hydrogen) atoms. The molecule has 0 radical (unpaired) electrons. The second-order valence-corrected chi connectivity index (χ2v) is 5.39. The third kappa shape index (κ3) is 1.75. The van der Waals surface area contributed by atoms with E-state index < -0.39 is 35.7 Å². The Morgan fingerprint density at radius 1 is 1.68 bits per heavy atom. The monoisotopic (exact) mass is 317 g/mol. The van der Waals surface area contributed by atoms with Crippen LogP contribution in [0.4, 0.5) is 13.6 Å². The molecular formula is C11H13F2N5O4. The molecule has 120 valence electrons. The molecule has 3 atom stereocenters. The highest BCUT2D eigenvalue weighted by Crippen LogP contribution is 2.45. The molecule has 0 aromatic carbocycles. The van der Waals surface area contributed by atoms with Crippen molar-refractivity contribution in [2.75, 3.05) is 13.1 Å². The SMILES string of the molecule is C[C@@]12N=NC=C1[C@H]1CN(C(=O)N1OC(F)(F)C(=O)O)[C@@H]2CN. The normalized spacial score (nSPS) is 33.3. The van der Waals surface area contributed by atoms with Crippen molar-refractivity contribution in [3.8, 4) is 0 Å². The first-order valence-corrected chi connectivity index (χ1v) is 6.45. The highest BCUT2D eigenvalue weighted by atomic mass is 19.3. The number of fused-ring (bicyclic) bond motifs is 4. The molecule has 11 heteroatoms. The van der Waals surface area contributed by atoms with E-state index in [-0.39, 0.29) is 13.1 Å². The molecule has 0 spiro atoms. The number of azo groups is 1. The van der Waals surface area contributed by atoms with Crippen molar-refractivity contribution in [1.29, 1.82) is 0 Å². The van der Waals surface area contributed by atoms with Crippen molar-refractivity contribution < 1.29 is 28.3 Å². The van der Waals surface area contributed by atoms with E-state index in [1.165, 1.54) is 11.1 Å². The predicted molar refractivity (Wildman–Crippen MR) is 65.6 cm³/mol. The maximum Gasteiger partial charge on any atom is 0.476 e. The lowest BCUT2D eigenvalue weighted by Crippen LogP contribution is -2.59. The van der Waals surface area contributed by atoms with Crippen molar-refractivity contribution >= 4 is 12.0 Å². The molecule has 3 heterocycles. The zero-order valence-corrected chi connectivity index (χ0v) is 11.4. The van der Waals surface area contributed by atoms with Crippen LogP contribution in [-0.2, 0) is 9.63 Å². The average molecular weight is 317 g/mol. The minimum absolute atomic E-state index is 0.0501. The number of carboxylic acids is 1. The van der Waals surface area contributed by atoms with Crippen LogP contribution in [0.3, 0.4) is 0 Å². The number of nitrogens with zero attached hydrogens (tertiary/aromatic N) is 4. The Morgan fingerprint density at radius 3 is 2.95 bits per heavy atom. The Morgan fingerprint density at radius 2 is 2.36 bits per heavy atom. The van der Waals surface area contributed by atoms with Crippen molar-refractivity contribution in [2.45, 2.75) is 30.7 Å². The Kier molecular flexibility index (Phi) is 2.98. The summed E-state index contributed by atoms with van der Waals surface area (Å²) in [5, 5.41) is 16.7. The van der Waals surface area contributed by atoms with Crippen molar-refractivity contribution in [3.05, 3.63) is 11.8 Å². The van der Waals surface area contributed by atoms with E-state index in [1.807, 2.05) is 0 Å². The minimum Gasteiger partial charge on any atom is -0.475 e. The predicted octanol–water partition coefficient (Wildman–Crippen LogP) is 0.151. The maximum absolute atomic E-state index is 13.3. The second-order valence-electron chi connectivity index (χ2n) is 5.39. The smallest absolute Gasteiger partial charge is 0.475 e. The quantitative estimate of drug-likeness (QED) is 0.764. The van der Waals surface area contributed by atoms with Crippen LogP contribution in [0.2, 0.25) is 0 Å². The number of nitrogens with two attached hydrogens (primary N) is 1. The van der Waals surface area contributed by atoms with Gasteiger partial charge in [0.1, 0.15) is 11.6 Å². The van der Waals surface area contributed by atoms with Gasteiger partial charge in [-0.2, -0.15) is 28.9 Å². The number of hydrogen-bond donors (Lipinski definition) is 2. The number of carbonyl (C=O) groups is 2. The van der Waals surface area contributed by atoms with E-state index >= 15 is 0 Å². The lowest BCUT2D eigenvalue weighted by atomic mass is 9.78. The zero-order valence-electron chi connectivity index (χ0n) is 11.4. The lowest BCUT2D eigenvalue weighted by molar-refractivity contribution is -0.325. The number of alkyl halides is 2. The van der Waals surface area contributed by atoms with Crippen LogP contribution < -0.4 is 5.73 Å². The van der Waals surface area contributed by atoms with Crippen LogP contribution in [0.1, 0.15) is 6.92 Å². The third-order valence-electron chi connectivity index (χ3n) is 4.20. The van der Waals surface area contributed by atoms with E-state index in [9.17, 15) is 18.4 Å². The van der Waals surface area contributed by atoms with Crippen LogP contribution in [0, 0.1) is 0 Å². The van der Waals surface area contributed by atoms with E-state index in [1.54, 1.807) is 6.92 Å². The van der Waals surface area contributed by atoms with Crippen molar-refractivity contribution in [3.63, 3.8) is 0 Å². The van der Waals surface area contributed by atoms with Crippen LogP contribution in [0.5, 0.6) is 0 Å². The average Bonchev–Trinajstić information content (AvgIpc) is 2.94. The number of piperidine rings is 1. The van der Waals surface area contributed by atoms with Crippen LogP contribution in [-0.4, -0.2) is 63.9 Å². The topological polar surface area (TPSA) is 121 Å². The molecule has 0 aliphatic carbocycles. The van der Waals surface area contributed by atoms with E-state index in [2.05, 4.69) is 15.1 Å². The molecular weight excluding hydrogens is 304 g/mol. The van der Waals surface area contributed by atoms with Gasteiger partial charge in [0.05, 0.1) is 18.8 Å². The molecule has 0 unspecified atom stereocenters. The molecule has 0 saturated carbocycles. The van der Waals surface area contributed by atoms with Gasteiger partial charge in [-0.1, -0.05) is 0 Å². The Hall–Kier alpha value is -2.14. The molecule has 3 rings (SSSR count). The molecule has 2 bridgehead atoms. The summed E-state index contributed by atoms with van der Waals surface area (Å²) in [7, 11) is 0. The molecule has 3 aliphatic heterocycles. The standard InChI is InChI=1S/C11H13F2N5O4/c1-10-5(3-15-16-10)6-4-17(7(10)2-14)9(21)18(6)22-11(12,13)8(19)20/h3,6-7H,2,4,14H2,1H3,(H,19,20)/t6-,7-,10-/m1/s1. The molecule has 2 saturated heterocycles. The highest BCUT2D eigenvalue weighted by molar-refractivity contribution is 5.80. The van der Waals surface area contributed by atoms with Gasteiger partial charge in [-0.05, 0) is 6.92 Å². The van der Waals surface area contributed by atoms with Gasteiger partial charge in [0, 0.05) is 12.1 Å². The highest BCUT2D eigenvalue weighted by Gasteiger charge is 2.61. The summed E-state index contributed by atoms with van der Waals surface area (Å²) in [5.41, 5.74) is 5.25. The fourth-order valence-corrected chi connectivity index (χ4v) is 3.09. The zero-order chi connectivity index (χ0) is 16.3. The first-order chi connectivity index (χ1) is 10.2. The van der Waals surface area contributed by atoms with Gasteiger partial charge in [0.15, 0.2) is 0 Å². The van der Waals surface area contributed by atoms with Gasteiger partial charge in [0.2, 0.25) is 0 Å². The fourth-order valence-electron chi connectivity index (χ4n) is 3.09. The number of amides is 2. The number of urea groups is 1. The van der Waals surface area contributed by atoms with Gasteiger partial charge in [-0.15, -0.1) is 0 Å². The van der Waals surface area contributed by atoms with Crippen molar-refractivity contribution in [2.24, 2.45) is 16.0 Å². The van der Waals surface area contributed by atoms with Gasteiger partial charge in [-0.3, -0.25) is 0 Å². The number of carboxylic acid groups (broad SMARTS) is 1. The summed E-state index contributed by atoms with van der Waals surface area (Å²) in [4.78, 5) is 28.2. The Labute approximate surface area is 123 Å². The number of carbonyl (C=O) groups excluding carboxylic acids is 1. The first-order valence-electron chi connectivity index (χ1n) is 6.45. The van der Waals surface area contributed by atoms with Crippen LogP contribution in [0.15, 0.2) is 22.0 Å². The first kappa shape index (κ1) is 14.8. The molecule has 9 nitrogen and oxygen atoms in total. The van der Waals surface area contributed by atoms with Gasteiger partial charge in [-0.25, -0.2) is 9.59 Å². The number of hydrogen-bond acceptors (Lipinski definition) is 6. The molecule has 3 N–H and O–H groups in total. The van der Waals surface area contributed by atoms with Crippen LogP contribution in [0.25, 0.3) is 0 Å². The maximum atomic E-state index is 13.3. The summed E-state index contributed by atoms with van der Waals surface area (Å²) in [5.74, 6) is -2.48. The largest absolute Gasteiger partial charge is 0.476 e. The molecule has 2 amide bonds. The minimum atomic E-state index is -4.52. The summed E-state index contributed by atoms with van der Waals surface area (Å²) < 4.78 is 26.6. The number of halogens is 2. The fraction of sp³-hybridized carbons (Fsp3) is 0.636. The summed E-state index contributed by atoms with van der Waals surface area (Å²) >= 11 is 0. The Bertz CT molecular complexity index is 609. The van der Waals surface area contributed by atoms with E-state index in [0.29, 0.717) is 10.6 Å². The summed E-state index contributed by atoms with van der Waals surface area (Å²) in [6.45, 7) is 1.80. The Balaban J connectivity index is 1.97. The molecule has 0 aromatic heterocycles. The summed E-state index contributed by atoms with van der Waals surface area (Å²) in [6, 6.07) is -2.32. The van der Waals surface area contributed by atoms with E-state index in [0.717, 1.165) is 0 Å². The molecule has 0 aromatic rings. The van der Waals surface area contributed by atoms with Gasteiger partial charge >= 0.3 is 18.1 Å². The molecule has 2 fully saturated rings. The van der Waals surface area contributed by atoms with Crippen LogP contribution >= 0.6 is 0 Å².